The van der Waals surface area contributed by atoms with Crippen LogP contribution in [0.5, 0.6) is 0 Å². The molecule has 5 nitrogen and oxygen atoms in total. The highest BCUT2D eigenvalue weighted by Gasteiger charge is 2.27. The minimum absolute atomic E-state index is 0.124. The van der Waals surface area contributed by atoms with E-state index in [-0.39, 0.29) is 17.9 Å². The molecule has 5 heteroatoms. The van der Waals surface area contributed by atoms with Crippen LogP contribution in [0.2, 0.25) is 0 Å². The molecule has 136 valence electrons. The summed E-state index contributed by atoms with van der Waals surface area (Å²) < 4.78 is 0. The summed E-state index contributed by atoms with van der Waals surface area (Å²) in [6.45, 7) is 3.00. The first-order valence-corrected chi connectivity index (χ1v) is 9.08. The Kier molecular flexibility index (Phi) is 6.02. The summed E-state index contributed by atoms with van der Waals surface area (Å²) >= 11 is 0. The van der Waals surface area contributed by atoms with Crippen LogP contribution in [0, 0.1) is 0 Å². The number of amides is 2. The Hall–Kier alpha value is -2.66. The lowest BCUT2D eigenvalue weighted by molar-refractivity contribution is -0.124. The molecule has 2 aromatic rings. The molecule has 0 bridgehead atoms. The second kappa shape index (κ2) is 8.63. The van der Waals surface area contributed by atoms with Crippen molar-refractivity contribution in [1.82, 2.24) is 16.0 Å². The molecule has 2 aromatic carbocycles. The van der Waals surface area contributed by atoms with Gasteiger partial charge in [0.05, 0.1) is 0 Å². The highest BCUT2D eigenvalue weighted by Crippen LogP contribution is 2.16. The van der Waals surface area contributed by atoms with Gasteiger partial charge in [-0.25, -0.2) is 0 Å². The van der Waals surface area contributed by atoms with Crippen LogP contribution in [0.4, 0.5) is 0 Å². The molecule has 0 spiro atoms. The summed E-state index contributed by atoms with van der Waals surface area (Å²) in [6, 6.07) is 18.1. The summed E-state index contributed by atoms with van der Waals surface area (Å²) in [6.07, 6.45) is 1.78. The van der Waals surface area contributed by atoms with Gasteiger partial charge in [-0.3, -0.25) is 9.59 Å². The fourth-order valence-corrected chi connectivity index (χ4v) is 3.30. The predicted molar refractivity (Wildman–Crippen MR) is 102 cm³/mol. The Morgan fingerprint density at radius 3 is 2.35 bits per heavy atom. The van der Waals surface area contributed by atoms with E-state index in [0.717, 1.165) is 24.9 Å². The number of piperidine rings is 1. The minimum Gasteiger partial charge on any atom is -0.351 e. The average Bonchev–Trinajstić information content (AvgIpc) is 2.67. The molecular weight excluding hydrogens is 326 g/mol. The van der Waals surface area contributed by atoms with E-state index < -0.39 is 6.04 Å². The van der Waals surface area contributed by atoms with Crippen molar-refractivity contribution < 1.29 is 9.59 Å². The maximum atomic E-state index is 12.9. The highest BCUT2D eigenvalue weighted by atomic mass is 16.2. The molecule has 3 rings (SSSR count). The van der Waals surface area contributed by atoms with E-state index in [2.05, 4.69) is 22.9 Å². The average molecular weight is 351 g/mol. The maximum absolute atomic E-state index is 12.9. The van der Waals surface area contributed by atoms with Crippen molar-refractivity contribution in [1.29, 1.82) is 0 Å². The number of hydrogen-bond donors (Lipinski definition) is 3. The number of rotatable bonds is 5. The number of benzene rings is 2. The molecule has 1 saturated heterocycles. The number of carbonyl (C=O) groups excluding carboxylic acids is 2. The molecule has 0 saturated carbocycles. The topological polar surface area (TPSA) is 70.2 Å². The quantitative estimate of drug-likeness (QED) is 0.775. The van der Waals surface area contributed by atoms with Gasteiger partial charge in [-0.15, -0.1) is 0 Å². The molecule has 1 aliphatic rings. The van der Waals surface area contributed by atoms with Gasteiger partial charge in [-0.05, 0) is 44.0 Å². The molecule has 1 aliphatic heterocycles. The standard InChI is InChI=1S/C21H25N3O2/c1-15-14-18(12-13-22-15)23-21(26)19(16-8-4-2-5-9-16)24-20(25)17-10-6-3-7-11-17/h2-11,15,18-19,22H,12-14H2,1H3,(H,23,26)(H,24,25). The molecule has 1 fully saturated rings. The molecule has 3 atom stereocenters. The van der Waals surface area contributed by atoms with Crippen LogP contribution < -0.4 is 16.0 Å². The third-order valence-corrected chi connectivity index (χ3v) is 4.68. The van der Waals surface area contributed by atoms with Crippen molar-refractivity contribution in [2.45, 2.75) is 37.9 Å². The van der Waals surface area contributed by atoms with Crippen LogP contribution in [-0.4, -0.2) is 30.4 Å². The van der Waals surface area contributed by atoms with Crippen molar-refractivity contribution in [2.75, 3.05) is 6.54 Å². The van der Waals surface area contributed by atoms with Gasteiger partial charge in [0.1, 0.15) is 6.04 Å². The van der Waals surface area contributed by atoms with Gasteiger partial charge < -0.3 is 16.0 Å². The molecule has 3 N–H and O–H groups in total. The lowest BCUT2D eigenvalue weighted by Crippen LogP contribution is -2.50. The molecule has 3 unspecified atom stereocenters. The van der Waals surface area contributed by atoms with E-state index in [1.54, 1.807) is 12.1 Å². The number of hydrogen-bond acceptors (Lipinski definition) is 3. The predicted octanol–water partition coefficient (Wildman–Crippen LogP) is 2.41. The zero-order chi connectivity index (χ0) is 18.4. The first-order chi connectivity index (χ1) is 12.6. The first kappa shape index (κ1) is 18.1. The molecule has 26 heavy (non-hydrogen) atoms. The van der Waals surface area contributed by atoms with Gasteiger partial charge in [-0.1, -0.05) is 48.5 Å². The number of carbonyl (C=O) groups is 2. The van der Waals surface area contributed by atoms with Crippen molar-refractivity contribution in [3.05, 3.63) is 71.8 Å². The normalized spacial score (nSPS) is 20.8. The first-order valence-electron chi connectivity index (χ1n) is 9.08. The van der Waals surface area contributed by atoms with Gasteiger partial charge in [-0.2, -0.15) is 0 Å². The summed E-state index contributed by atoms with van der Waals surface area (Å²) in [5.41, 5.74) is 1.31. The Morgan fingerprint density at radius 1 is 1.04 bits per heavy atom. The van der Waals surface area contributed by atoms with Crippen LogP contribution >= 0.6 is 0 Å². The summed E-state index contributed by atoms with van der Waals surface area (Å²) in [5.74, 6) is -0.423. The van der Waals surface area contributed by atoms with Crippen molar-refractivity contribution in [3.63, 3.8) is 0 Å². The summed E-state index contributed by atoms with van der Waals surface area (Å²) in [5, 5.41) is 9.37. The monoisotopic (exact) mass is 351 g/mol. The fourth-order valence-electron chi connectivity index (χ4n) is 3.30. The molecule has 0 aliphatic carbocycles. The third kappa shape index (κ3) is 4.70. The second-order valence-electron chi connectivity index (χ2n) is 6.77. The summed E-state index contributed by atoms with van der Waals surface area (Å²) in [7, 11) is 0. The second-order valence-corrected chi connectivity index (χ2v) is 6.77. The fraction of sp³-hybridized carbons (Fsp3) is 0.333. The van der Waals surface area contributed by atoms with E-state index >= 15 is 0 Å². The van der Waals surface area contributed by atoms with Crippen LogP contribution in [-0.2, 0) is 4.79 Å². The van der Waals surface area contributed by atoms with Gasteiger partial charge in [0.25, 0.3) is 5.91 Å². The van der Waals surface area contributed by atoms with Gasteiger partial charge in [0, 0.05) is 17.6 Å². The molecule has 1 heterocycles. The van der Waals surface area contributed by atoms with E-state index in [4.69, 9.17) is 0 Å². The number of nitrogens with one attached hydrogen (secondary N) is 3. The third-order valence-electron chi connectivity index (χ3n) is 4.68. The molecule has 0 radical (unpaired) electrons. The maximum Gasteiger partial charge on any atom is 0.252 e. The van der Waals surface area contributed by atoms with E-state index in [1.807, 2.05) is 48.5 Å². The Bertz CT molecular complexity index is 733. The highest BCUT2D eigenvalue weighted by molar-refractivity contribution is 5.97. The molecule has 2 amide bonds. The Morgan fingerprint density at radius 2 is 1.69 bits per heavy atom. The van der Waals surface area contributed by atoms with Crippen LogP contribution in [0.1, 0.15) is 41.7 Å². The zero-order valence-electron chi connectivity index (χ0n) is 14.9. The lowest BCUT2D eigenvalue weighted by Gasteiger charge is -2.30. The van der Waals surface area contributed by atoms with Crippen molar-refractivity contribution in [2.24, 2.45) is 0 Å². The Balaban J connectivity index is 1.75. The van der Waals surface area contributed by atoms with E-state index in [0.29, 0.717) is 11.6 Å². The smallest absolute Gasteiger partial charge is 0.252 e. The van der Waals surface area contributed by atoms with Gasteiger partial charge in [0.2, 0.25) is 5.91 Å². The van der Waals surface area contributed by atoms with Gasteiger partial charge in [0.15, 0.2) is 0 Å². The SMILES string of the molecule is CC1CC(NC(=O)C(NC(=O)c2ccccc2)c2ccccc2)CCN1. The van der Waals surface area contributed by atoms with Crippen LogP contribution in [0.15, 0.2) is 60.7 Å². The van der Waals surface area contributed by atoms with Gasteiger partial charge >= 0.3 is 0 Å². The van der Waals surface area contributed by atoms with E-state index in [1.165, 1.54) is 0 Å². The zero-order valence-corrected chi connectivity index (χ0v) is 14.9. The van der Waals surface area contributed by atoms with Crippen molar-refractivity contribution in [3.8, 4) is 0 Å². The van der Waals surface area contributed by atoms with Crippen LogP contribution in [0.25, 0.3) is 0 Å². The lowest BCUT2D eigenvalue weighted by atomic mass is 9.99. The van der Waals surface area contributed by atoms with Crippen LogP contribution in [0.3, 0.4) is 0 Å². The largest absolute Gasteiger partial charge is 0.351 e. The molecular formula is C21H25N3O2. The van der Waals surface area contributed by atoms with E-state index in [9.17, 15) is 9.59 Å². The summed E-state index contributed by atoms with van der Waals surface area (Å²) in [4.78, 5) is 25.5. The minimum atomic E-state index is -0.714. The Labute approximate surface area is 154 Å². The van der Waals surface area contributed by atoms with Crippen molar-refractivity contribution >= 4 is 11.8 Å². The molecule has 0 aromatic heterocycles.